The third-order valence-corrected chi connectivity index (χ3v) is 6.90. The lowest BCUT2D eigenvalue weighted by molar-refractivity contribution is -0.118. The average Bonchev–Trinajstić information content (AvgIpc) is 3.46. The van der Waals surface area contributed by atoms with Gasteiger partial charge in [0, 0.05) is 18.4 Å². The molecule has 9 nitrogen and oxygen atoms in total. The van der Waals surface area contributed by atoms with Crippen LogP contribution in [0.15, 0.2) is 24.3 Å². The van der Waals surface area contributed by atoms with Crippen molar-refractivity contribution in [3.8, 4) is 11.4 Å². The van der Waals surface area contributed by atoms with Crippen molar-refractivity contribution in [1.29, 1.82) is 0 Å². The van der Waals surface area contributed by atoms with Crippen LogP contribution in [0, 0.1) is 12.8 Å². The molecule has 0 bridgehead atoms. The van der Waals surface area contributed by atoms with Crippen molar-refractivity contribution in [2.24, 2.45) is 13.0 Å². The summed E-state index contributed by atoms with van der Waals surface area (Å²) in [6.45, 7) is 6.94. The Balaban J connectivity index is 1.58. The Bertz CT molecular complexity index is 1270. The topological polar surface area (TPSA) is 112 Å². The molecule has 0 aliphatic heterocycles. The Kier molecular flexibility index (Phi) is 6.91. The van der Waals surface area contributed by atoms with Crippen molar-refractivity contribution in [3.05, 3.63) is 40.4 Å². The number of tetrazole rings is 1. The monoisotopic (exact) mass is 518 g/mol. The molecule has 0 radical (unpaired) electrons. The lowest BCUT2D eigenvalue weighted by Gasteiger charge is -2.23. The standard InChI is InChI=1S/C24H28F2N6O3S/c1-13-18(21(34)35-23(2,3)4)36-22(27-13)28-20(33)17(16-10-11-24(25,26)12-16)14-6-8-15(9-7-14)19-29-31-32(5)30-19/h6-9,16-17H,10-12H2,1-5H3,(H,27,28,33)/t16-,17+/m0/s1. The number of nitrogens with zero attached hydrogens (tertiary/aromatic N) is 5. The Morgan fingerprint density at radius 3 is 2.50 bits per heavy atom. The molecule has 12 heteroatoms. The number of thiazole rings is 1. The molecular weight excluding hydrogens is 490 g/mol. The highest BCUT2D eigenvalue weighted by Gasteiger charge is 2.45. The molecule has 0 spiro atoms. The van der Waals surface area contributed by atoms with E-state index in [0.29, 0.717) is 22.6 Å². The van der Waals surface area contributed by atoms with Gasteiger partial charge in [0.25, 0.3) is 0 Å². The number of ether oxygens (including phenoxy) is 1. The maximum atomic E-state index is 14.1. The lowest BCUT2D eigenvalue weighted by atomic mass is 9.83. The molecule has 0 unspecified atom stereocenters. The fourth-order valence-corrected chi connectivity index (χ4v) is 5.14. The van der Waals surface area contributed by atoms with Crippen LogP contribution in [0.5, 0.6) is 0 Å². The van der Waals surface area contributed by atoms with Crippen LogP contribution in [-0.4, -0.2) is 48.6 Å². The van der Waals surface area contributed by atoms with Crippen LogP contribution in [-0.2, 0) is 16.6 Å². The number of hydrogen-bond acceptors (Lipinski definition) is 8. The van der Waals surface area contributed by atoms with Gasteiger partial charge in [0.15, 0.2) is 5.13 Å². The van der Waals surface area contributed by atoms with Crippen molar-refractivity contribution in [3.63, 3.8) is 0 Å². The first kappa shape index (κ1) is 25.8. The minimum atomic E-state index is -2.81. The highest BCUT2D eigenvalue weighted by Crippen LogP contribution is 2.46. The molecular formula is C24H28F2N6O3S. The minimum Gasteiger partial charge on any atom is -0.456 e. The summed E-state index contributed by atoms with van der Waals surface area (Å²) in [5, 5.41) is 14.9. The molecule has 2 heterocycles. The van der Waals surface area contributed by atoms with Crippen LogP contribution in [0.1, 0.15) is 66.9 Å². The van der Waals surface area contributed by atoms with Crippen molar-refractivity contribution in [1.82, 2.24) is 25.2 Å². The number of nitrogens with one attached hydrogen (secondary N) is 1. The van der Waals surface area contributed by atoms with E-state index in [-0.39, 0.29) is 29.3 Å². The lowest BCUT2D eigenvalue weighted by Crippen LogP contribution is -2.27. The molecule has 1 aromatic carbocycles. The van der Waals surface area contributed by atoms with Gasteiger partial charge in [0.2, 0.25) is 17.7 Å². The van der Waals surface area contributed by atoms with Gasteiger partial charge in [-0.3, -0.25) is 4.79 Å². The van der Waals surface area contributed by atoms with Gasteiger partial charge >= 0.3 is 5.97 Å². The molecule has 0 saturated heterocycles. The third kappa shape index (κ3) is 5.92. The van der Waals surface area contributed by atoms with Gasteiger partial charge in [-0.25, -0.2) is 18.6 Å². The van der Waals surface area contributed by atoms with E-state index in [1.807, 2.05) is 0 Å². The fraction of sp³-hybridized carbons (Fsp3) is 0.500. The molecule has 3 aromatic rings. The van der Waals surface area contributed by atoms with E-state index in [9.17, 15) is 18.4 Å². The van der Waals surface area contributed by atoms with Crippen LogP contribution >= 0.6 is 11.3 Å². The first-order valence-corrected chi connectivity index (χ1v) is 12.4. The Morgan fingerprint density at radius 2 is 1.94 bits per heavy atom. The van der Waals surface area contributed by atoms with E-state index in [4.69, 9.17) is 4.74 Å². The summed E-state index contributed by atoms with van der Waals surface area (Å²) in [4.78, 5) is 31.9. The maximum absolute atomic E-state index is 14.1. The number of benzene rings is 1. The van der Waals surface area contributed by atoms with Crippen LogP contribution in [0.4, 0.5) is 13.9 Å². The van der Waals surface area contributed by atoms with E-state index >= 15 is 0 Å². The van der Waals surface area contributed by atoms with Gasteiger partial charge in [0.05, 0.1) is 18.7 Å². The van der Waals surface area contributed by atoms with E-state index in [1.165, 1.54) is 4.80 Å². The first-order valence-electron chi connectivity index (χ1n) is 11.6. The Hall–Kier alpha value is -3.28. The van der Waals surface area contributed by atoms with E-state index in [1.54, 1.807) is 59.0 Å². The minimum absolute atomic E-state index is 0.216. The molecule has 1 aliphatic carbocycles. The van der Waals surface area contributed by atoms with Crippen molar-refractivity contribution in [2.45, 2.75) is 64.4 Å². The first-order chi connectivity index (χ1) is 16.8. The summed E-state index contributed by atoms with van der Waals surface area (Å²) in [7, 11) is 1.65. The quantitative estimate of drug-likeness (QED) is 0.469. The van der Waals surface area contributed by atoms with Gasteiger partial charge in [-0.05, 0) is 50.8 Å². The van der Waals surface area contributed by atoms with Crippen molar-refractivity contribution < 1.29 is 23.1 Å². The smallest absolute Gasteiger partial charge is 0.350 e. The number of rotatable bonds is 6. The van der Waals surface area contributed by atoms with Gasteiger partial charge in [-0.1, -0.05) is 35.6 Å². The second-order valence-electron chi connectivity index (χ2n) is 9.99. The van der Waals surface area contributed by atoms with Gasteiger partial charge in [-0.15, -0.1) is 10.2 Å². The molecule has 192 valence electrons. The predicted molar refractivity (Wildman–Crippen MR) is 130 cm³/mol. The molecule has 1 saturated carbocycles. The molecule has 4 rings (SSSR count). The zero-order chi connectivity index (χ0) is 26.3. The molecule has 1 amide bonds. The zero-order valence-corrected chi connectivity index (χ0v) is 21.5. The number of carbonyl (C=O) groups excluding carboxylic acids is 2. The fourth-order valence-electron chi connectivity index (χ4n) is 4.29. The number of esters is 1. The summed E-state index contributed by atoms with van der Waals surface area (Å²) in [6, 6.07) is 6.94. The maximum Gasteiger partial charge on any atom is 0.350 e. The Labute approximate surface area is 211 Å². The summed E-state index contributed by atoms with van der Waals surface area (Å²) in [5.41, 5.74) is 1.04. The zero-order valence-electron chi connectivity index (χ0n) is 20.7. The number of anilines is 1. The van der Waals surface area contributed by atoms with Crippen LogP contribution in [0.2, 0.25) is 0 Å². The number of halogens is 2. The molecule has 1 N–H and O–H groups in total. The predicted octanol–water partition coefficient (Wildman–Crippen LogP) is 4.76. The van der Waals surface area contributed by atoms with Crippen LogP contribution in [0.3, 0.4) is 0 Å². The van der Waals surface area contributed by atoms with Crippen molar-refractivity contribution in [2.75, 3.05) is 5.32 Å². The highest BCUT2D eigenvalue weighted by atomic mass is 32.1. The normalized spacial score (nSPS) is 18.1. The van der Waals surface area contributed by atoms with E-state index in [2.05, 4.69) is 25.7 Å². The molecule has 2 atom stereocenters. The molecule has 2 aromatic heterocycles. The number of aryl methyl sites for hydroxylation is 2. The Morgan fingerprint density at radius 1 is 1.25 bits per heavy atom. The highest BCUT2D eigenvalue weighted by molar-refractivity contribution is 7.17. The summed E-state index contributed by atoms with van der Waals surface area (Å²) in [6.07, 6.45) is -0.417. The number of aromatic nitrogens is 5. The largest absolute Gasteiger partial charge is 0.456 e. The number of alkyl halides is 2. The van der Waals surface area contributed by atoms with Gasteiger partial charge in [-0.2, -0.15) is 4.80 Å². The van der Waals surface area contributed by atoms with Crippen molar-refractivity contribution >= 4 is 28.3 Å². The summed E-state index contributed by atoms with van der Waals surface area (Å²) in [5.74, 6) is -4.74. The number of amides is 1. The molecule has 1 fully saturated rings. The molecule has 1 aliphatic rings. The third-order valence-electron chi connectivity index (χ3n) is 5.84. The van der Waals surface area contributed by atoms with Crippen LogP contribution in [0.25, 0.3) is 11.4 Å². The number of hydrogen-bond donors (Lipinski definition) is 1. The second kappa shape index (κ2) is 9.64. The van der Waals surface area contributed by atoms with E-state index < -0.39 is 35.2 Å². The van der Waals surface area contributed by atoms with E-state index in [0.717, 1.165) is 11.3 Å². The summed E-state index contributed by atoms with van der Waals surface area (Å²) >= 11 is 1.00. The van der Waals surface area contributed by atoms with Gasteiger partial charge in [0.1, 0.15) is 10.5 Å². The number of carbonyl (C=O) groups is 2. The SMILES string of the molecule is Cc1nc(NC(=O)[C@H](c2ccc(-c3nnn(C)n3)cc2)[C@H]2CCC(F)(F)C2)sc1C(=O)OC(C)(C)C. The van der Waals surface area contributed by atoms with Gasteiger partial charge < -0.3 is 10.1 Å². The molecule has 36 heavy (non-hydrogen) atoms. The second-order valence-corrected chi connectivity index (χ2v) is 11.0. The summed E-state index contributed by atoms with van der Waals surface area (Å²) < 4.78 is 33.6. The van der Waals surface area contributed by atoms with Crippen LogP contribution < -0.4 is 5.32 Å². The average molecular weight is 519 g/mol.